The van der Waals surface area contributed by atoms with Crippen LogP contribution in [0.5, 0.6) is 0 Å². The second-order valence-electron chi connectivity index (χ2n) is 9.56. The number of pyridine rings is 2. The summed E-state index contributed by atoms with van der Waals surface area (Å²) in [5, 5.41) is 10.3. The predicted molar refractivity (Wildman–Crippen MR) is 129 cm³/mol. The molecule has 0 unspecified atom stereocenters. The summed E-state index contributed by atoms with van der Waals surface area (Å²) in [5.41, 5.74) is 0.510. The van der Waals surface area contributed by atoms with Crippen LogP contribution in [0.15, 0.2) is 27.7 Å². The van der Waals surface area contributed by atoms with E-state index in [4.69, 9.17) is 11.6 Å². The molecule has 5 rings (SSSR count). The summed E-state index contributed by atoms with van der Waals surface area (Å²) in [6.45, 7) is 6.03. The van der Waals surface area contributed by atoms with Gasteiger partial charge >= 0.3 is 5.97 Å². The fraction of sp³-hybridized carbons (Fsp3) is 0.542. The van der Waals surface area contributed by atoms with Gasteiger partial charge in [0, 0.05) is 63.1 Å². The zero-order chi connectivity index (χ0) is 24.0. The van der Waals surface area contributed by atoms with Crippen LogP contribution >= 0.6 is 11.6 Å². The Morgan fingerprint density at radius 3 is 2.47 bits per heavy atom. The third-order valence-corrected chi connectivity index (χ3v) is 7.51. The van der Waals surface area contributed by atoms with Crippen molar-refractivity contribution in [1.82, 2.24) is 19.4 Å². The molecule has 182 valence electrons. The maximum absolute atomic E-state index is 15.1. The van der Waals surface area contributed by atoms with Gasteiger partial charge in [0.25, 0.3) is 0 Å². The zero-order valence-electron chi connectivity index (χ0n) is 19.3. The Morgan fingerprint density at radius 1 is 1.18 bits per heavy atom. The van der Waals surface area contributed by atoms with Crippen molar-refractivity contribution in [3.05, 3.63) is 44.5 Å². The van der Waals surface area contributed by atoms with Crippen molar-refractivity contribution in [1.29, 1.82) is 0 Å². The van der Waals surface area contributed by atoms with Gasteiger partial charge in [0.15, 0.2) is 11.6 Å². The first kappa shape index (κ1) is 23.3. The Balaban J connectivity index is 1.37. The topological polar surface area (TPSA) is 81.9 Å². The summed E-state index contributed by atoms with van der Waals surface area (Å²) in [6, 6.07) is 1.24. The van der Waals surface area contributed by atoms with Crippen molar-refractivity contribution < 1.29 is 14.3 Å². The summed E-state index contributed by atoms with van der Waals surface area (Å²) < 4.78 is 16.8. The van der Waals surface area contributed by atoms with Gasteiger partial charge in [0.05, 0.1) is 5.39 Å². The van der Waals surface area contributed by atoms with E-state index >= 15 is 4.39 Å². The Bertz CT molecular complexity index is 1210. The number of likely N-dealkylation sites (N-methyl/N-ethyl adjacent to an activating group) is 1. The molecule has 34 heavy (non-hydrogen) atoms. The van der Waals surface area contributed by atoms with E-state index in [9.17, 15) is 14.7 Å². The van der Waals surface area contributed by atoms with Crippen LogP contribution in [0.1, 0.15) is 42.1 Å². The summed E-state index contributed by atoms with van der Waals surface area (Å²) in [7, 11) is 2.13. The third kappa shape index (κ3) is 4.56. The van der Waals surface area contributed by atoms with Crippen LogP contribution in [-0.4, -0.2) is 83.3 Å². The number of fused-ring (bicyclic) bond motifs is 1. The van der Waals surface area contributed by atoms with E-state index in [-0.39, 0.29) is 22.8 Å². The van der Waals surface area contributed by atoms with Gasteiger partial charge in [-0.1, -0.05) is 17.2 Å². The molecule has 2 aliphatic heterocycles. The maximum Gasteiger partial charge on any atom is 0.341 e. The lowest BCUT2D eigenvalue weighted by molar-refractivity contribution is 0.0695. The van der Waals surface area contributed by atoms with Crippen molar-refractivity contribution in [3.63, 3.8) is 0 Å². The molecule has 8 nitrogen and oxygen atoms in total. The number of hydrogen-bond acceptors (Lipinski definition) is 6. The van der Waals surface area contributed by atoms with Crippen molar-refractivity contribution in [3.8, 4) is 0 Å². The zero-order valence-corrected chi connectivity index (χ0v) is 20.0. The molecule has 2 aromatic heterocycles. The van der Waals surface area contributed by atoms with Gasteiger partial charge in [-0.3, -0.25) is 9.69 Å². The number of anilines is 1. The molecule has 2 saturated heterocycles. The van der Waals surface area contributed by atoms with Crippen molar-refractivity contribution in [2.75, 3.05) is 57.8 Å². The molecule has 0 radical (unpaired) electrons. The lowest BCUT2D eigenvalue weighted by Crippen LogP contribution is -2.45. The average molecular weight is 490 g/mol. The van der Waals surface area contributed by atoms with Crippen LogP contribution in [0.3, 0.4) is 0 Å². The number of nitrogens with zero attached hydrogens (tertiary/aromatic N) is 5. The highest BCUT2D eigenvalue weighted by Crippen LogP contribution is 2.37. The van der Waals surface area contributed by atoms with Gasteiger partial charge in [-0.15, -0.1) is 0 Å². The highest BCUT2D eigenvalue weighted by atomic mass is 35.5. The number of aromatic carboxylic acids is 1. The molecule has 0 amide bonds. The first-order valence-corrected chi connectivity index (χ1v) is 12.2. The third-order valence-electron chi connectivity index (χ3n) is 7.12. The SMILES string of the molecule is CN1CCN(CC(Cl)=C2CCN(c3nc4c(cc3F)c(=O)c(C(=O)O)cn4C3CC3)CC2)CC1. The number of aromatic nitrogens is 2. The normalized spacial score (nSPS) is 20.2. The number of halogens is 2. The predicted octanol–water partition coefficient (Wildman–Crippen LogP) is 2.91. The molecule has 10 heteroatoms. The van der Waals surface area contributed by atoms with E-state index < -0.39 is 17.2 Å². The molecular weight excluding hydrogens is 461 g/mol. The molecule has 0 spiro atoms. The van der Waals surface area contributed by atoms with Crippen LogP contribution in [-0.2, 0) is 0 Å². The summed E-state index contributed by atoms with van der Waals surface area (Å²) in [5.74, 6) is -1.71. The van der Waals surface area contributed by atoms with E-state index in [1.165, 1.54) is 11.8 Å². The Morgan fingerprint density at radius 2 is 1.85 bits per heavy atom. The van der Waals surface area contributed by atoms with Crippen molar-refractivity contribution >= 4 is 34.4 Å². The minimum atomic E-state index is -1.31. The minimum Gasteiger partial charge on any atom is -0.477 e. The lowest BCUT2D eigenvalue weighted by Gasteiger charge is -2.34. The molecule has 0 atom stereocenters. The molecule has 3 aliphatic rings. The average Bonchev–Trinajstić information content (AvgIpc) is 3.66. The van der Waals surface area contributed by atoms with E-state index in [1.54, 1.807) is 4.57 Å². The van der Waals surface area contributed by atoms with Gasteiger partial charge < -0.3 is 19.5 Å². The van der Waals surface area contributed by atoms with E-state index in [0.29, 0.717) is 18.7 Å². The first-order chi connectivity index (χ1) is 16.3. The maximum atomic E-state index is 15.1. The van der Waals surface area contributed by atoms with Gasteiger partial charge in [-0.2, -0.15) is 0 Å². The van der Waals surface area contributed by atoms with Crippen LogP contribution in [0.2, 0.25) is 0 Å². The van der Waals surface area contributed by atoms with E-state index in [0.717, 1.165) is 69.5 Å². The monoisotopic (exact) mass is 489 g/mol. The second kappa shape index (κ2) is 9.28. The minimum absolute atomic E-state index is 0.0147. The number of rotatable bonds is 5. The van der Waals surface area contributed by atoms with Gasteiger partial charge in [0.1, 0.15) is 11.2 Å². The first-order valence-electron chi connectivity index (χ1n) is 11.8. The van der Waals surface area contributed by atoms with Crippen LogP contribution in [0.4, 0.5) is 10.2 Å². The number of carbonyl (C=O) groups is 1. The van der Waals surface area contributed by atoms with Crippen LogP contribution in [0, 0.1) is 5.82 Å². The van der Waals surface area contributed by atoms with Gasteiger partial charge in [0.2, 0.25) is 5.43 Å². The standard InChI is InChI=1S/C24H29ClFN5O3/c1-28-8-10-29(11-9-28)14-19(25)15-4-6-30(7-5-15)23-20(26)12-17-21(32)18(24(33)34)13-31(16-2-3-16)22(17)27-23/h12-13,16H,2-11,14H2,1H3,(H,33,34). The second-order valence-corrected chi connectivity index (χ2v) is 10.0. The molecule has 1 saturated carbocycles. The number of piperidine rings is 1. The number of hydrogen-bond donors (Lipinski definition) is 1. The quantitative estimate of drug-likeness (QED) is 0.691. The van der Waals surface area contributed by atoms with Crippen molar-refractivity contribution in [2.45, 2.75) is 31.7 Å². The molecule has 4 heterocycles. The van der Waals surface area contributed by atoms with Crippen LogP contribution < -0.4 is 10.3 Å². The fourth-order valence-corrected chi connectivity index (χ4v) is 5.17. The Hall–Kier alpha value is -2.49. The molecular formula is C24H29ClFN5O3. The summed E-state index contributed by atoms with van der Waals surface area (Å²) in [6.07, 6.45) is 4.59. The molecule has 1 aliphatic carbocycles. The van der Waals surface area contributed by atoms with Crippen LogP contribution in [0.25, 0.3) is 11.0 Å². The summed E-state index contributed by atoms with van der Waals surface area (Å²) in [4.78, 5) is 35.3. The van der Waals surface area contributed by atoms with E-state index in [2.05, 4.69) is 21.8 Å². The largest absolute Gasteiger partial charge is 0.477 e. The van der Waals surface area contributed by atoms with E-state index in [1.807, 2.05) is 4.90 Å². The number of carboxylic acid groups (broad SMARTS) is 1. The molecule has 3 fully saturated rings. The Labute approximate surface area is 202 Å². The summed E-state index contributed by atoms with van der Waals surface area (Å²) >= 11 is 6.68. The molecule has 0 bridgehead atoms. The number of piperazine rings is 1. The lowest BCUT2D eigenvalue weighted by atomic mass is 10.0. The molecule has 2 aromatic rings. The smallest absolute Gasteiger partial charge is 0.341 e. The highest BCUT2D eigenvalue weighted by Gasteiger charge is 2.29. The number of carboxylic acids is 1. The fourth-order valence-electron chi connectivity index (χ4n) is 4.82. The van der Waals surface area contributed by atoms with Gasteiger partial charge in [-0.05, 0) is 38.8 Å². The molecule has 1 N–H and O–H groups in total. The molecule has 0 aromatic carbocycles. The Kier molecular flexibility index (Phi) is 6.35. The van der Waals surface area contributed by atoms with Crippen molar-refractivity contribution in [2.24, 2.45) is 0 Å². The highest BCUT2D eigenvalue weighted by molar-refractivity contribution is 6.30. The van der Waals surface area contributed by atoms with Gasteiger partial charge in [-0.25, -0.2) is 14.2 Å².